The number of hydrogen-bond acceptors (Lipinski definition) is 3. The van der Waals surface area contributed by atoms with Crippen molar-refractivity contribution in [3.05, 3.63) is 61.7 Å². The van der Waals surface area contributed by atoms with Crippen LogP contribution in [0.3, 0.4) is 0 Å². The Labute approximate surface area is 133 Å². The van der Waals surface area contributed by atoms with E-state index in [9.17, 15) is 4.79 Å². The van der Waals surface area contributed by atoms with Crippen LogP contribution in [-0.2, 0) is 13.0 Å². The molecule has 2 N–H and O–H groups in total. The van der Waals surface area contributed by atoms with Crippen LogP contribution < -0.4 is 10.9 Å². The van der Waals surface area contributed by atoms with Crippen molar-refractivity contribution in [2.24, 2.45) is 0 Å². The van der Waals surface area contributed by atoms with Crippen LogP contribution in [0, 0.1) is 0 Å². The van der Waals surface area contributed by atoms with Crippen LogP contribution in [0.25, 0.3) is 0 Å². The molecule has 1 aromatic heterocycles. The molecule has 0 fully saturated rings. The summed E-state index contributed by atoms with van der Waals surface area (Å²) in [7, 11) is 0. The maximum atomic E-state index is 11.7. The van der Waals surface area contributed by atoms with E-state index < -0.39 is 0 Å². The number of nitrogens with one attached hydrogen (secondary N) is 2. The minimum atomic E-state index is -0.177. The highest BCUT2D eigenvalue weighted by Crippen LogP contribution is 2.25. The minimum absolute atomic E-state index is 0.177. The van der Waals surface area contributed by atoms with Gasteiger partial charge < -0.3 is 10.3 Å². The standard InChI is InChI=1S/C15H17Cl2N3O/c1-9(2)18-8-10-6-15(21)20-14(19-10)7-11-12(16)4-3-5-13(11)17/h3-6,9,18H,7-8H2,1-2H3,(H,19,20,21). The minimum Gasteiger partial charge on any atom is -0.310 e. The van der Waals surface area contributed by atoms with Gasteiger partial charge in [-0.1, -0.05) is 43.1 Å². The largest absolute Gasteiger partial charge is 0.310 e. The molecule has 0 aliphatic rings. The molecule has 0 atom stereocenters. The van der Waals surface area contributed by atoms with Crippen LogP contribution in [0.4, 0.5) is 0 Å². The van der Waals surface area contributed by atoms with Gasteiger partial charge in [-0.05, 0) is 17.7 Å². The highest BCUT2D eigenvalue weighted by molar-refractivity contribution is 6.36. The van der Waals surface area contributed by atoms with Crippen LogP contribution in [0.2, 0.25) is 10.0 Å². The van der Waals surface area contributed by atoms with Crippen LogP contribution >= 0.6 is 23.2 Å². The normalized spacial score (nSPS) is 11.1. The van der Waals surface area contributed by atoms with E-state index in [0.717, 1.165) is 5.56 Å². The van der Waals surface area contributed by atoms with Gasteiger partial charge >= 0.3 is 0 Å². The van der Waals surface area contributed by atoms with Gasteiger partial charge in [-0.2, -0.15) is 0 Å². The molecule has 0 aliphatic carbocycles. The van der Waals surface area contributed by atoms with Crippen LogP contribution in [0.1, 0.15) is 30.9 Å². The molecule has 1 aromatic carbocycles. The summed E-state index contributed by atoms with van der Waals surface area (Å²) in [6.07, 6.45) is 0.392. The maximum Gasteiger partial charge on any atom is 0.251 e. The van der Waals surface area contributed by atoms with Gasteiger partial charge in [0.2, 0.25) is 0 Å². The van der Waals surface area contributed by atoms with Gasteiger partial charge in [0.15, 0.2) is 0 Å². The fourth-order valence-corrected chi connectivity index (χ4v) is 2.45. The molecule has 2 rings (SSSR count). The zero-order valence-corrected chi connectivity index (χ0v) is 13.4. The van der Waals surface area contributed by atoms with E-state index in [1.807, 2.05) is 13.8 Å². The van der Waals surface area contributed by atoms with E-state index in [0.29, 0.717) is 40.6 Å². The highest BCUT2D eigenvalue weighted by Gasteiger charge is 2.09. The average Bonchev–Trinajstić information content (AvgIpc) is 2.40. The molecule has 0 aliphatic heterocycles. The molecule has 0 radical (unpaired) electrons. The molecular formula is C15H17Cl2N3O. The number of nitrogens with zero attached hydrogens (tertiary/aromatic N) is 1. The summed E-state index contributed by atoms with van der Waals surface area (Å²) in [6.45, 7) is 4.63. The molecule has 2 aromatic rings. The van der Waals surface area contributed by atoms with Gasteiger partial charge in [-0.3, -0.25) is 4.79 Å². The van der Waals surface area contributed by atoms with Gasteiger partial charge in [-0.15, -0.1) is 0 Å². The first kappa shape index (κ1) is 16.0. The molecule has 0 saturated heterocycles. The second-order valence-electron chi connectivity index (χ2n) is 5.10. The van der Waals surface area contributed by atoms with Crippen LogP contribution in [0.15, 0.2) is 29.1 Å². The quantitative estimate of drug-likeness (QED) is 0.887. The van der Waals surface area contributed by atoms with Crippen molar-refractivity contribution < 1.29 is 0 Å². The number of benzene rings is 1. The first-order valence-electron chi connectivity index (χ1n) is 6.71. The Morgan fingerprint density at radius 2 is 1.95 bits per heavy atom. The zero-order valence-electron chi connectivity index (χ0n) is 11.9. The number of aromatic nitrogens is 2. The van der Waals surface area contributed by atoms with Crippen molar-refractivity contribution in [3.63, 3.8) is 0 Å². The van der Waals surface area contributed by atoms with Gasteiger partial charge in [0.25, 0.3) is 5.56 Å². The van der Waals surface area contributed by atoms with Crippen molar-refractivity contribution in [1.82, 2.24) is 15.3 Å². The molecule has 0 spiro atoms. The SMILES string of the molecule is CC(C)NCc1cc(=O)[nH]c(Cc2c(Cl)cccc2Cl)n1. The van der Waals surface area contributed by atoms with E-state index in [1.165, 1.54) is 6.07 Å². The fraction of sp³-hybridized carbons (Fsp3) is 0.333. The molecule has 21 heavy (non-hydrogen) atoms. The Kier molecular flexibility index (Phi) is 5.39. The molecule has 1 heterocycles. The summed E-state index contributed by atoms with van der Waals surface area (Å²) in [5.74, 6) is 0.554. The van der Waals surface area contributed by atoms with Gasteiger partial charge in [-0.25, -0.2) is 4.98 Å². The van der Waals surface area contributed by atoms with E-state index in [4.69, 9.17) is 23.2 Å². The molecule has 6 heteroatoms. The molecule has 112 valence electrons. The summed E-state index contributed by atoms with van der Waals surface area (Å²) < 4.78 is 0. The van der Waals surface area contributed by atoms with Gasteiger partial charge in [0.1, 0.15) is 5.82 Å². The summed E-state index contributed by atoms with van der Waals surface area (Å²) in [4.78, 5) is 18.9. The third-order valence-electron chi connectivity index (χ3n) is 2.94. The van der Waals surface area contributed by atoms with Crippen LogP contribution in [-0.4, -0.2) is 16.0 Å². The number of H-pyrrole nitrogens is 1. The predicted molar refractivity (Wildman–Crippen MR) is 86.1 cm³/mol. The topological polar surface area (TPSA) is 57.8 Å². The Morgan fingerprint density at radius 3 is 2.57 bits per heavy atom. The lowest BCUT2D eigenvalue weighted by molar-refractivity contribution is 0.578. The predicted octanol–water partition coefficient (Wildman–Crippen LogP) is 3.17. The molecule has 0 bridgehead atoms. The summed E-state index contributed by atoms with van der Waals surface area (Å²) in [5, 5.41) is 4.37. The molecule has 0 saturated carbocycles. The second kappa shape index (κ2) is 7.07. The van der Waals surface area contributed by atoms with Crippen molar-refractivity contribution in [2.75, 3.05) is 0 Å². The molecule has 0 unspecified atom stereocenters. The Balaban J connectivity index is 2.26. The van der Waals surface area contributed by atoms with E-state index in [-0.39, 0.29) is 5.56 Å². The fourth-order valence-electron chi connectivity index (χ4n) is 1.91. The maximum absolute atomic E-state index is 11.7. The monoisotopic (exact) mass is 325 g/mol. The van der Waals surface area contributed by atoms with E-state index >= 15 is 0 Å². The van der Waals surface area contributed by atoms with Gasteiger partial charge in [0.05, 0.1) is 5.69 Å². The average molecular weight is 326 g/mol. The first-order chi connectivity index (χ1) is 9.95. The lowest BCUT2D eigenvalue weighted by Crippen LogP contribution is -2.24. The van der Waals surface area contributed by atoms with Crippen molar-refractivity contribution in [3.8, 4) is 0 Å². The third kappa shape index (κ3) is 4.56. The summed E-state index contributed by atoms with van der Waals surface area (Å²) >= 11 is 12.3. The Hall–Kier alpha value is -1.36. The zero-order chi connectivity index (χ0) is 15.4. The summed E-state index contributed by atoms with van der Waals surface area (Å²) in [5.41, 5.74) is 1.28. The first-order valence-corrected chi connectivity index (χ1v) is 7.46. The second-order valence-corrected chi connectivity index (χ2v) is 5.91. The van der Waals surface area contributed by atoms with Crippen molar-refractivity contribution >= 4 is 23.2 Å². The molecule has 0 amide bonds. The summed E-state index contributed by atoms with van der Waals surface area (Å²) in [6, 6.07) is 7.14. The van der Waals surface area contributed by atoms with Crippen molar-refractivity contribution in [1.29, 1.82) is 0 Å². The number of rotatable bonds is 5. The van der Waals surface area contributed by atoms with Crippen LogP contribution in [0.5, 0.6) is 0 Å². The van der Waals surface area contributed by atoms with E-state index in [2.05, 4.69) is 15.3 Å². The van der Waals surface area contributed by atoms with Crippen molar-refractivity contribution in [2.45, 2.75) is 32.9 Å². The Bertz CT molecular complexity index is 663. The number of hydrogen-bond donors (Lipinski definition) is 2. The third-order valence-corrected chi connectivity index (χ3v) is 3.65. The lowest BCUT2D eigenvalue weighted by Gasteiger charge is -2.10. The lowest BCUT2D eigenvalue weighted by atomic mass is 10.1. The molecule has 4 nitrogen and oxygen atoms in total. The Morgan fingerprint density at radius 1 is 1.29 bits per heavy atom. The number of halogens is 2. The highest BCUT2D eigenvalue weighted by atomic mass is 35.5. The molecular weight excluding hydrogens is 309 g/mol. The van der Waals surface area contributed by atoms with E-state index in [1.54, 1.807) is 18.2 Å². The van der Waals surface area contributed by atoms with Gasteiger partial charge in [0, 0.05) is 35.1 Å². The smallest absolute Gasteiger partial charge is 0.251 e. The number of aromatic amines is 1.